The number of nitro benzene ring substituents is 1. The molecule has 1 amide bonds. The molecule has 0 spiro atoms. The number of hydroxylamine groups is 2. The molecule has 1 aromatic carbocycles. The van der Waals surface area contributed by atoms with Crippen molar-refractivity contribution in [3.05, 3.63) is 74.2 Å². The lowest BCUT2D eigenvalue weighted by atomic mass is 9.89. The Kier molecular flexibility index (Phi) is 4.54. The highest BCUT2D eigenvalue weighted by molar-refractivity contribution is 5.78. The van der Waals surface area contributed by atoms with Gasteiger partial charge in [0.25, 0.3) is 11.2 Å². The van der Waals surface area contributed by atoms with E-state index in [-0.39, 0.29) is 24.2 Å². The number of aromatic nitrogens is 1. The minimum absolute atomic E-state index is 0.172. The second kappa shape index (κ2) is 6.69. The summed E-state index contributed by atoms with van der Waals surface area (Å²) in [6.07, 6.45) is 1.75. The third-order valence-electron chi connectivity index (χ3n) is 4.31. The van der Waals surface area contributed by atoms with Crippen LogP contribution in [0.15, 0.2) is 53.0 Å². The molecule has 0 radical (unpaired) electrons. The van der Waals surface area contributed by atoms with Crippen LogP contribution in [-0.2, 0) is 4.79 Å². The van der Waals surface area contributed by atoms with Crippen LogP contribution in [0.25, 0.3) is 5.70 Å². The van der Waals surface area contributed by atoms with Gasteiger partial charge in [0.1, 0.15) is 11.4 Å². The molecule has 1 N–H and O–H groups in total. The van der Waals surface area contributed by atoms with E-state index in [0.29, 0.717) is 27.6 Å². The van der Waals surface area contributed by atoms with Crippen LogP contribution in [0.5, 0.6) is 5.75 Å². The SMILES string of the molecule is CC1(C)Oc2ccc([N+](=O)[O-])cc2C(n2ccccc2=O)=C1CN(O)C=O. The normalized spacial score (nSPS) is 14.9. The fourth-order valence-electron chi connectivity index (χ4n) is 3.04. The standard InChI is InChI=1S/C18H17N3O6/c1-18(2)14(10-19(24)11-22)17(20-8-4-3-5-16(20)23)13-9-12(21(25)26)6-7-15(13)27-18/h3-9,11,24H,10H2,1-2H3. The van der Waals surface area contributed by atoms with Crippen molar-refractivity contribution in [2.75, 3.05) is 6.54 Å². The number of ether oxygens (including phenoxy) is 1. The Morgan fingerprint density at radius 3 is 2.70 bits per heavy atom. The Balaban J connectivity index is 2.38. The number of benzene rings is 1. The lowest BCUT2D eigenvalue weighted by Crippen LogP contribution is -2.41. The predicted molar refractivity (Wildman–Crippen MR) is 95.4 cm³/mol. The van der Waals surface area contributed by atoms with Crippen LogP contribution < -0.4 is 10.3 Å². The molecule has 140 valence electrons. The topological polar surface area (TPSA) is 115 Å². The molecule has 2 heterocycles. The van der Waals surface area contributed by atoms with E-state index in [2.05, 4.69) is 0 Å². The summed E-state index contributed by atoms with van der Waals surface area (Å²) in [5, 5.41) is 21.4. The third kappa shape index (κ3) is 3.32. The minimum atomic E-state index is -0.988. The third-order valence-corrected chi connectivity index (χ3v) is 4.31. The first-order chi connectivity index (χ1) is 12.7. The molecule has 9 nitrogen and oxygen atoms in total. The number of rotatable bonds is 5. The number of carbonyl (C=O) groups excluding carboxylic acids is 1. The van der Waals surface area contributed by atoms with Crippen LogP contribution in [0, 0.1) is 10.1 Å². The Labute approximate surface area is 153 Å². The van der Waals surface area contributed by atoms with Crippen molar-refractivity contribution in [1.82, 2.24) is 9.63 Å². The monoisotopic (exact) mass is 371 g/mol. The summed E-state index contributed by atoms with van der Waals surface area (Å²) in [6, 6.07) is 8.65. The van der Waals surface area contributed by atoms with E-state index < -0.39 is 10.5 Å². The molecule has 0 saturated heterocycles. The highest BCUT2D eigenvalue weighted by Crippen LogP contribution is 2.42. The Hall–Kier alpha value is -3.46. The molecule has 2 aromatic rings. The number of fused-ring (bicyclic) bond motifs is 1. The predicted octanol–water partition coefficient (Wildman–Crippen LogP) is 2.03. The number of hydrogen-bond acceptors (Lipinski definition) is 6. The van der Waals surface area contributed by atoms with Gasteiger partial charge < -0.3 is 4.74 Å². The summed E-state index contributed by atoms with van der Waals surface area (Å²) in [5.41, 5.74) is -0.455. The summed E-state index contributed by atoms with van der Waals surface area (Å²) >= 11 is 0. The van der Waals surface area contributed by atoms with Crippen LogP contribution in [0.1, 0.15) is 19.4 Å². The van der Waals surface area contributed by atoms with E-state index in [1.54, 1.807) is 26.0 Å². The van der Waals surface area contributed by atoms with Crippen molar-refractivity contribution in [2.45, 2.75) is 19.4 Å². The first-order valence-corrected chi connectivity index (χ1v) is 8.05. The van der Waals surface area contributed by atoms with Crippen LogP contribution in [0.4, 0.5) is 5.69 Å². The first-order valence-electron chi connectivity index (χ1n) is 8.05. The zero-order valence-corrected chi connectivity index (χ0v) is 14.7. The molecule has 0 unspecified atom stereocenters. The summed E-state index contributed by atoms with van der Waals surface area (Å²) in [7, 11) is 0. The molecule has 0 saturated carbocycles. The maximum absolute atomic E-state index is 12.5. The number of nitro groups is 1. The smallest absolute Gasteiger partial charge is 0.270 e. The van der Waals surface area contributed by atoms with Crippen molar-refractivity contribution in [3.8, 4) is 5.75 Å². The molecule has 27 heavy (non-hydrogen) atoms. The van der Waals surface area contributed by atoms with Gasteiger partial charge in [0, 0.05) is 35.5 Å². The summed E-state index contributed by atoms with van der Waals surface area (Å²) in [5.74, 6) is 0.357. The minimum Gasteiger partial charge on any atom is -0.483 e. The van der Waals surface area contributed by atoms with E-state index in [0.717, 1.165) is 0 Å². The largest absolute Gasteiger partial charge is 0.483 e. The summed E-state index contributed by atoms with van der Waals surface area (Å²) < 4.78 is 7.27. The average molecular weight is 371 g/mol. The van der Waals surface area contributed by atoms with Crippen molar-refractivity contribution in [1.29, 1.82) is 0 Å². The molecule has 1 aliphatic heterocycles. The molecule has 0 atom stereocenters. The number of pyridine rings is 1. The number of nitrogens with zero attached hydrogens (tertiary/aromatic N) is 3. The van der Waals surface area contributed by atoms with Crippen LogP contribution in [-0.4, -0.2) is 38.3 Å². The maximum Gasteiger partial charge on any atom is 0.270 e. The second-order valence-corrected chi connectivity index (χ2v) is 6.49. The molecule has 3 rings (SSSR count). The summed E-state index contributed by atoms with van der Waals surface area (Å²) in [4.78, 5) is 34.1. The van der Waals surface area contributed by atoms with E-state index in [4.69, 9.17) is 4.74 Å². The van der Waals surface area contributed by atoms with Gasteiger partial charge in [0.15, 0.2) is 0 Å². The Morgan fingerprint density at radius 1 is 1.33 bits per heavy atom. The molecule has 0 bridgehead atoms. The van der Waals surface area contributed by atoms with Crippen molar-refractivity contribution in [3.63, 3.8) is 0 Å². The van der Waals surface area contributed by atoms with Gasteiger partial charge in [-0.25, -0.2) is 5.06 Å². The molecule has 1 aliphatic rings. The molecular weight excluding hydrogens is 354 g/mol. The highest BCUT2D eigenvalue weighted by atomic mass is 16.6. The fourth-order valence-corrected chi connectivity index (χ4v) is 3.04. The summed E-state index contributed by atoms with van der Waals surface area (Å²) in [6.45, 7) is 3.20. The van der Waals surface area contributed by atoms with Gasteiger partial charge in [-0.05, 0) is 26.0 Å². The van der Waals surface area contributed by atoms with E-state index in [9.17, 15) is 24.9 Å². The quantitative estimate of drug-likeness (QED) is 0.372. The van der Waals surface area contributed by atoms with Gasteiger partial charge in [-0.15, -0.1) is 0 Å². The molecular formula is C18H17N3O6. The van der Waals surface area contributed by atoms with Crippen LogP contribution in [0.2, 0.25) is 0 Å². The Morgan fingerprint density at radius 2 is 2.07 bits per heavy atom. The maximum atomic E-state index is 12.5. The molecule has 1 aromatic heterocycles. The lowest BCUT2D eigenvalue weighted by molar-refractivity contribution is -0.384. The van der Waals surface area contributed by atoms with Gasteiger partial charge in [-0.3, -0.25) is 29.5 Å². The Bertz CT molecular complexity index is 1010. The lowest BCUT2D eigenvalue weighted by Gasteiger charge is -2.37. The molecule has 9 heteroatoms. The molecule has 0 aliphatic carbocycles. The van der Waals surface area contributed by atoms with E-state index in [1.165, 1.54) is 35.0 Å². The van der Waals surface area contributed by atoms with Crippen LogP contribution in [0.3, 0.4) is 0 Å². The molecule has 0 fully saturated rings. The zero-order chi connectivity index (χ0) is 19.8. The average Bonchev–Trinajstić information content (AvgIpc) is 2.62. The number of carbonyl (C=O) groups is 1. The van der Waals surface area contributed by atoms with Gasteiger partial charge in [-0.2, -0.15) is 0 Å². The van der Waals surface area contributed by atoms with E-state index in [1.807, 2.05) is 0 Å². The first kappa shape index (κ1) is 18.3. The zero-order valence-electron chi connectivity index (χ0n) is 14.7. The number of hydrogen-bond donors (Lipinski definition) is 1. The highest BCUT2D eigenvalue weighted by Gasteiger charge is 2.37. The van der Waals surface area contributed by atoms with Crippen molar-refractivity contribution in [2.24, 2.45) is 0 Å². The van der Waals surface area contributed by atoms with Crippen LogP contribution >= 0.6 is 0 Å². The van der Waals surface area contributed by atoms with Gasteiger partial charge in [0.05, 0.1) is 17.2 Å². The van der Waals surface area contributed by atoms with Gasteiger partial charge in [-0.1, -0.05) is 6.07 Å². The van der Waals surface area contributed by atoms with Crippen molar-refractivity contribution < 1.29 is 19.7 Å². The second-order valence-electron chi connectivity index (χ2n) is 6.49. The van der Waals surface area contributed by atoms with Crippen molar-refractivity contribution >= 4 is 17.8 Å². The fraction of sp³-hybridized carbons (Fsp3) is 0.222. The van der Waals surface area contributed by atoms with Gasteiger partial charge in [0.2, 0.25) is 6.41 Å². The number of non-ortho nitro benzene ring substituents is 1. The van der Waals surface area contributed by atoms with Gasteiger partial charge >= 0.3 is 0 Å². The number of amides is 1. The van der Waals surface area contributed by atoms with E-state index >= 15 is 0 Å².